The number of hydrogen-bond donors (Lipinski definition) is 0. The first-order valence-corrected chi connectivity index (χ1v) is 6.32. The van der Waals surface area contributed by atoms with Crippen LogP contribution in [0.5, 0.6) is 0 Å². The van der Waals surface area contributed by atoms with Crippen LogP contribution in [-0.4, -0.2) is 12.2 Å². The molecule has 0 spiro atoms. The van der Waals surface area contributed by atoms with Gasteiger partial charge in [0.05, 0.1) is 12.2 Å². The Bertz CT molecular complexity index is 194. The van der Waals surface area contributed by atoms with E-state index in [-0.39, 0.29) is 11.5 Å². The van der Waals surface area contributed by atoms with Gasteiger partial charge < -0.3 is 4.74 Å². The van der Waals surface area contributed by atoms with Gasteiger partial charge in [-0.2, -0.15) is 0 Å². The maximum atomic E-state index is 6.21. The summed E-state index contributed by atoms with van der Waals surface area (Å²) < 4.78 is 6.21. The summed E-state index contributed by atoms with van der Waals surface area (Å²) in [5, 5.41) is 0. The minimum absolute atomic E-state index is 0.212. The zero-order chi connectivity index (χ0) is 11.3. The highest BCUT2D eigenvalue weighted by atomic mass is 16.5. The number of rotatable bonds is 3. The lowest BCUT2D eigenvalue weighted by Gasteiger charge is -2.33. The molecular weight excluding hydrogens is 184 g/mol. The molecule has 1 unspecified atom stereocenters. The molecule has 0 aromatic carbocycles. The van der Waals surface area contributed by atoms with Crippen molar-refractivity contribution >= 4 is 0 Å². The topological polar surface area (TPSA) is 9.23 Å². The molecule has 1 saturated carbocycles. The van der Waals surface area contributed by atoms with Crippen LogP contribution in [-0.2, 0) is 4.74 Å². The molecule has 1 atom stereocenters. The van der Waals surface area contributed by atoms with E-state index >= 15 is 0 Å². The Morgan fingerprint density at radius 1 is 1.13 bits per heavy atom. The Morgan fingerprint density at radius 2 is 1.73 bits per heavy atom. The minimum Gasteiger partial charge on any atom is -0.370 e. The normalized spacial score (nSPS) is 22.1. The van der Waals surface area contributed by atoms with Gasteiger partial charge in [-0.25, -0.2) is 0 Å². The summed E-state index contributed by atoms with van der Waals surface area (Å²) in [5.41, 5.74) is 0.212. The van der Waals surface area contributed by atoms with Crippen molar-refractivity contribution in [3.05, 3.63) is 12.2 Å². The number of ether oxygens (including phenoxy) is 1. The van der Waals surface area contributed by atoms with E-state index in [4.69, 9.17) is 4.74 Å². The smallest absolute Gasteiger partial charge is 0.0807 e. The van der Waals surface area contributed by atoms with E-state index in [2.05, 4.69) is 39.8 Å². The lowest BCUT2D eigenvalue weighted by Crippen LogP contribution is -2.32. The van der Waals surface area contributed by atoms with Gasteiger partial charge in [-0.15, -0.1) is 0 Å². The predicted molar refractivity (Wildman–Crippen MR) is 66.0 cm³/mol. The van der Waals surface area contributed by atoms with Gasteiger partial charge in [-0.1, -0.05) is 52.2 Å². The molecule has 1 aliphatic rings. The molecule has 0 N–H and O–H groups in total. The van der Waals surface area contributed by atoms with E-state index in [0.29, 0.717) is 6.10 Å². The first-order valence-electron chi connectivity index (χ1n) is 6.32. The second-order valence-electron chi connectivity index (χ2n) is 5.71. The van der Waals surface area contributed by atoms with Crippen LogP contribution in [0.2, 0.25) is 0 Å². The van der Waals surface area contributed by atoms with Crippen LogP contribution in [0.4, 0.5) is 0 Å². The molecule has 0 bridgehead atoms. The predicted octanol–water partition coefficient (Wildman–Crippen LogP) is 4.33. The van der Waals surface area contributed by atoms with Gasteiger partial charge in [-0.3, -0.25) is 0 Å². The fraction of sp³-hybridized carbons (Fsp3) is 0.857. The second kappa shape index (κ2) is 5.69. The van der Waals surface area contributed by atoms with Gasteiger partial charge in [-0.05, 0) is 25.2 Å². The molecule has 0 aromatic rings. The summed E-state index contributed by atoms with van der Waals surface area (Å²) in [6.45, 7) is 8.82. The summed E-state index contributed by atoms with van der Waals surface area (Å²) in [7, 11) is 0. The fourth-order valence-electron chi connectivity index (χ4n) is 2.12. The Kier molecular flexibility index (Phi) is 4.85. The fourth-order valence-corrected chi connectivity index (χ4v) is 2.12. The summed E-state index contributed by atoms with van der Waals surface area (Å²) in [6.07, 6.45) is 11.7. The first kappa shape index (κ1) is 12.8. The highest BCUT2D eigenvalue weighted by molar-refractivity contribution is 4.94. The quantitative estimate of drug-likeness (QED) is 0.630. The molecule has 0 saturated heterocycles. The van der Waals surface area contributed by atoms with Crippen molar-refractivity contribution < 1.29 is 4.74 Å². The average molecular weight is 210 g/mol. The summed E-state index contributed by atoms with van der Waals surface area (Å²) in [5.74, 6) is 0. The molecule has 0 aromatic heterocycles. The summed E-state index contributed by atoms with van der Waals surface area (Å²) in [6, 6.07) is 0. The van der Waals surface area contributed by atoms with Crippen molar-refractivity contribution in [3.63, 3.8) is 0 Å². The van der Waals surface area contributed by atoms with Crippen LogP contribution in [0, 0.1) is 5.41 Å². The zero-order valence-electron chi connectivity index (χ0n) is 10.8. The molecule has 0 aliphatic heterocycles. The molecule has 0 heterocycles. The van der Waals surface area contributed by atoms with Gasteiger partial charge in [0.25, 0.3) is 0 Å². The SMILES string of the molecule is C/C=C\C(OC1CCCCC1)C(C)(C)C. The van der Waals surface area contributed by atoms with Crippen molar-refractivity contribution in [2.75, 3.05) is 0 Å². The molecule has 0 amide bonds. The van der Waals surface area contributed by atoms with E-state index in [9.17, 15) is 0 Å². The first-order chi connectivity index (χ1) is 7.04. The van der Waals surface area contributed by atoms with Crippen molar-refractivity contribution in [1.29, 1.82) is 0 Å². The monoisotopic (exact) mass is 210 g/mol. The van der Waals surface area contributed by atoms with E-state index in [0.717, 1.165) is 0 Å². The Hall–Kier alpha value is -0.300. The Balaban J connectivity index is 2.50. The minimum atomic E-state index is 0.212. The van der Waals surface area contributed by atoms with E-state index < -0.39 is 0 Å². The second-order valence-corrected chi connectivity index (χ2v) is 5.71. The third-order valence-corrected chi connectivity index (χ3v) is 3.11. The maximum Gasteiger partial charge on any atom is 0.0807 e. The van der Waals surface area contributed by atoms with E-state index in [1.165, 1.54) is 32.1 Å². The molecule has 1 fully saturated rings. The maximum absolute atomic E-state index is 6.21. The summed E-state index contributed by atoms with van der Waals surface area (Å²) in [4.78, 5) is 0. The number of hydrogen-bond acceptors (Lipinski definition) is 1. The van der Waals surface area contributed by atoms with Gasteiger partial charge >= 0.3 is 0 Å². The number of allylic oxidation sites excluding steroid dienone is 1. The third-order valence-electron chi connectivity index (χ3n) is 3.11. The van der Waals surface area contributed by atoms with Gasteiger partial charge in [0.2, 0.25) is 0 Å². The molecule has 15 heavy (non-hydrogen) atoms. The highest BCUT2D eigenvalue weighted by Gasteiger charge is 2.26. The van der Waals surface area contributed by atoms with Crippen molar-refractivity contribution in [2.45, 2.75) is 72.0 Å². The zero-order valence-corrected chi connectivity index (χ0v) is 10.8. The van der Waals surface area contributed by atoms with Crippen LogP contribution in [0.1, 0.15) is 59.8 Å². The molecule has 1 aliphatic carbocycles. The molecule has 1 nitrogen and oxygen atoms in total. The van der Waals surface area contributed by atoms with Crippen LogP contribution >= 0.6 is 0 Å². The van der Waals surface area contributed by atoms with Gasteiger partial charge in [0.15, 0.2) is 0 Å². The lowest BCUT2D eigenvalue weighted by atomic mass is 9.88. The van der Waals surface area contributed by atoms with Crippen molar-refractivity contribution in [3.8, 4) is 0 Å². The van der Waals surface area contributed by atoms with Crippen LogP contribution in [0.25, 0.3) is 0 Å². The van der Waals surface area contributed by atoms with Crippen LogP contribution in [0.15, 0.2) is 12.2 Å². The Morgan fingerprint density at radius 3 is 2.20 bits per heavy atom. The van der Waals surface area contributed by atoms with E-state index in [1.807, 2.05) is 0 Å². The largest absolute Gasteiger partial charge is 0.370 e. The third kappa shape index (κ3) is 4.38. The lowest BCUT2D eigenvalue weighted by molar-refractivity contribution is -0.0530. The van der Waals surface area contributed by atoms with Gasteiger partial charge in [0, 0.05) is 0 Å². The Labute approximate surface area is 94.9 Å². The summed E-state index contributed by atoms with van der Waals surface area (Å²) >= 11 is 0. The average Bonchev–Trinajstić information content (AvgIpc) is 2.17. The van der Waals surface area contributed by atoms with Gasteiger partial charge in [0.1, 0.15) is 0 Å². The van der Waals surface area contributed by atoms with Crippen LogP contribution in [0.3, 0.4) is 0 Å². The highest BCUT2D eigenvalue weighted by Crippen LogP contribution is 2.29. The standard InChI is InChI=1S/C14H26O/c1-5-9-13(14(2,3)4)15-12-10-7-6-8-11-12/h5,9,12-13H,6-8,10-11H2,1-4H3/b9-5-. The molecule has 88 valence electrons. The molecular formula is C14H26O. The van der Waals surface area contributed by atoms with E-state index in [1.54, 1.807) is 0 Å². The molecule has 1 rings (SSSR count). The van der Waals surface area contributed by atoms with Crippen molar-refractivity contribution in [1.82, 2.24) is 0 Å². The van der Waals surface area contributed by atoms with Crippen molar-refractivity contribution in [2.24, 2.45) is 5.41 Å². The molecule has 0 radical (unpaired) electrons. The van der Waals surface area contributed by atoms with Crippen LogP contribution < -0.4 is 0 Å². The molecule has 1 heteroatoms.